The molecular formula is C11H14N2O3. The van der Waals surface area contributed by atoms with Gasteiger partial charge in [-0.1, -0.05) is 6.58 Å². The molecule has 1 aromatic carbocycles. The molecule has 16 heavy (non-hydrogen) atoms. The normalized spacial score (nSPS) is 9.88. The molecule has 0 aromatic heterocycles. The largest absolute Gasteiger partial charge is 0.497 e. The van der Waals surface area contributed by atoms with Gasteiger partial charge in [-0.2, -0.15) is 0 Å². The van der Waals surface area contributed by atoms with Crippen molar-refractivity contribution in [1.29, 1.82) is 0 Å². The van der Waals surface area contributed by atoms with Crippen LogP contribution >= 0.6 is 0 Å². The third-order valence-electron chi connectivity index (χ3n) is 2.23. The molecule has 0 unspecified atom stereocenters. The van der Waals surface area contributed by atoms with Crippen LogP contribution < -0.4 is 10.5 Å². The number of rotatable bonds is 5. The average Bonchev–Trinajstić information content (AvgIpc) is 2.28. The van der Waals surface area contributed by atoms with Crippen LogP contribution in [0.3, 0.4) is 0 Å². The maximum atomic E-state index is 10.8. The Morgan fingerprint density at radius 2 is 2.31 bits per heavy atom. The summed E-state index contributed by atoms with van der Waals surface area (Å²) in [5.74, 6) is 0.568. The van der Waals surface area contributed by atoms with Crippen molar-refractivity contribution in [3.8, 4) is 5.75 Å². The second-order valence-corrected chi connectivity index (χ2v) is 3.28. The van der Waals surface area contributed by atoms with Crippen molar-refractivity contribution in [3.63, 3.8) is 0 Å². The summed E-state index contributed by atoms with van der Waals surface area (Å²) in [6.07, 6.45) is 0.522. The maximum Gasteiger partial charge on any atom is 0.277 e. The molecule has 0 aliphatic carbocycles. The number of benzene rings is 1. The van der Waals surface area contributed by atoms with Gasteiger partial charge in [-0.15, -0.1) is 0 Å². The molecule has 0 heterocycles. The predicted octanol–water partition coefficient (Wildman–Crippen LogP) is 1.97. The second kappa shape index (κ2) is 5.27. The summed E-state index contributed by atoms with van der Waals surface area (Å²) in [5, 5.41) is 10.8. The molecule has 0 fully saturated rings. The SMILES string of the molecule is C=C(CCN)c1cc(OC)ccc1[N+](=O)[O-]. The van der Waals surface area contributed by atoms with Gasteiger partial charge in [0.2, 0.25) is 0 Å². The molecule has 1 aromatic rings. The van der Waals surface area contributed by atoms with E-state index in [0.29, 0.717) is 29.9 Å². The number of nitro benzene ring substituents is 1. The maximum absolute atomic E-state index is 10.8. The number of nitrogens with zero attached hydrogens (tertiary/aromatic N) is 1. The molecule has 0 aliphatic heterocycles. The zero-order chi connectivity index (χ0) is 12.1. The lowest BCUT2D eigenvalue weighted by Crippen LogP contribution is -2.01. The van der Waals surface area contributed by atoms with Crippen LogP contribution in [0.25, 0.3) is 5.57 Å². The molecule has 0 saturated heterocycles. The minimum absolute atomic E-state index is 0.0271. The number of nitrogens with two attached hydrogens (primary N) is 1. The Morgan fingerprint density at radius 3 is 2.81 bits per heavy atom. The van der Waals surface area contributed by atoms with Gasteiger partial charge in [-0.25, -0.2) is 0 Å². The lowest BCUT2D eigenvalue weighted by Gasteiger charge is -2.07. The number of nitro groups is 1. The fourth-order valence-electron chi connectivity index (χ4n) is 1.39. The third-order valence-corrected chi connectivity index (χ3v) is 2.23. The molecule has 0 atom stereocenters. The summed E-state index contributed by atoms with van der Waals surface area (Å²) in [6, 6.07) is 4.57. The standard InChI is InChI=1S/C11H14N2O3/c1-8(5-6-12)10-7-9(16-2)3-4-11(10)13(14)15/h3-4,7H,1,5-6,12H2,2H3. The summed E-state index contributed by atoms with van der Waals surface area (Å²) in [5.41, 5.74) is 6.56. The van der Waals surface area contributed by atoms with E-state index in [-0.39, 0.29) is 5.69 Å². The third kappa shape index (κ3) is 2.58. The first kappa shape index (κ1) is 12.2. The summed E-state index contributed by atoms with van der Waals surface area (Å²) in [6.45, 7) is 4.20. The van der Waals surface area contributed by atoms with E-state index in [1.807, 2.05) is 0 Å². The Balaban J connectivity index is 3.20. The first-order valence-electron chi connectivity index (χ1n) is 4.80. The first-order valence-corrected chi connectivity index (χ1v) is 4.80. The van der Waals surface area contributed by atoms with E-state index >= 15 is 0 Å². The highest BCUT2D eigenvalue weighted by Gasteiger charge is 2.16. The van der Waals surface area contributed by atoms with Gasteiger partial charge >= 0.3 is 0 Å². The highest BCUT2D eigenvalue weighted by molar-refractivity contribution is 5.72. The number of ether oxygens (including phenoxy) is 1. The van der Waals surface area contributed by atoms with Gasteiger partial charge in [0, 0.05) is 6.07 Å². The van der Waals surface area contributed by atoms with Crippen molar-refractivity contribution in [2.45, 2.75) is 6.42 Å². The van der Waals surface area contributed by atoms with Crippen molar-refractivity contribution < 1.29 is 9.66 Å². The topological polar surface area (TPSA) is 78.4 Å². The molecule has 5 heteroatoms. The van der Waals surface area contributed by atoms with Crippen molar-refractivity contribution >= 4 is 11.3 Å². The van der Waals surface area contributed by atoms with E-state index in [0.717, 1.165) is 0 Å². The Bertz CT molecular complexity index is 416. The van der Waals surface area contributed by atoms with Crippen molar-refractivity contribution in [1.82, 2.24) is 0 Å². The second-order valence-electron chi connectivity index (χ2n) is 3.28. The highest BCUT2D eigenvalue weighted by atomic mass is 16.6. The predicted molar refractivity (Wildman–Crippen MR) is 62.4 cm³/mol. The zero-order valence-electron chi connectivity index (χ0n) is 9.10. The van der Waals surface area contributed by atoms with Gasteiger partial charge < -0.3 is 10.5 Å². The fraction of sp³-hybridized carbons (Fsp3) is 0.273. The summed E-state index contributed by atoms with van der Waals surface area (Å²) < 4.78 is 5.02. The molecule has 0 bridgehead atoms. The number of hydrogen-bond acceptors (Lipinski definition) is 4. The Hall–Kier alpha value is -1.88. The van der Waals surface area contributed by atoms with Gasteiger partial charge in [0.25, 0.3) is 5.69 Å². The molecule has 5 nitrogen and oxygen atoms in total. The van der Waals surface area contributed by atoms with Crippen LogP contribution in [0.4, 0.5) is 5.69 Å². The van der Waals surface area contributed by atoms with E-state index in [1.165, 1.54) is 13.2 Å². The van der Waals surface area contributed by atoms with Crippen molar-refractivity contribution in [2.24, 2.45) is 5.73 Å². The molecule has 0 spiro atoms. The van der Waals surface area contributed by atoms with Crippen LogP contribution in [0.1, 0.15) is 12.0 Å². The van der Waals surface area contributed by atoms with Crippen LogP contribution in [0.2, 0.25) is 0 Å². The summed E-state index contributed by atoms with van der Waals surface area (Å²) in [7, 11) is 1.51. The van der Waals surface area contributed by atoms with Crippen LogP contribution in [0.15, 0.2) is 24.8 Å². The minimum atomic E-state index is -0.434. The number of methoxy groups -OCH3 is 1. The zero-order valence-corrected chi connectivity index (χ0v) is 9.10. The van der Waals surface area contributed by atoms with Crippen molar-refractivity contribution in [3.05, 3.63) is 40.5 Å². The molecule has 0 radical (unpaired) electrons. The molecular weight excluding hydrogens is 208 g/mol. The average molecular weight is 222 g/mol. The van der Waals surface area contributed by atoms with Gasteiger partial charge in [0.15, 0.2) is 0 Å². The van der Waals surface area contributed by atoms with E-state index in [2.05, 4.69) is 6.58 Å². The van der Waals surface area contributed by atoms with Gasteiger partial charge in [-0.05, 0) is 30.7 Å². The Labute approximate surface area is 93.7 Å². The van der Waals surface area contributed by atoms with E-state index < -0.39 is 4.92 Å². The molecule has 86 valence electrons. The fourth-order valence-corrected chi connectivity index (χ4v) is 1.39. The van der Waals surface area contributed by atoms with Crippen LogP contribution in [0.5, 0.6) is 5.75 Å². The Morgan fingerprint density at radius 1 is 1.62 bits per heavy atom. The van der Waals surface area contributed by atoms with Crippen LogP contribution in [-0.4, -0.2) is 18.6 Å². The monoisotopic (exact) mass is 222 g/mol. The number of hydrogen-bond donors (Lipinski definition) is 1. The molecule has 0 amide bonds. The van der Waals surface area contributed by atoms with E-state index in [9.17, 15) is 10.1 Å². The lowest BCUT2D eigenvalue weighted by atomic mass is 10.0. The lowest BCUT2D eigenvalue weighted by molar-refractivity contribution is -0.385. The molecule has 1 rings (SSSR count). The molecule has 0 saturated carbocycles. The quantitative estimate of drug-likeness (QED) is 0.610. The molecule has 0 aliphatic rings. The minimum Gasteiger partial charge on any atom is -0.497 e. The van der Waals surface area contributed by atoms with Crippen molar-refractivity contribution in [2.75, 3.05) is 13.7 Å². The van der Waals surface area contributed by atoms with Gasteiger partial charge in [0.05, 0.1) is 17.6 Å². The van der Waals surface area contributed by atoms with Gasteiger partial charge in [-0.3, -0.25) is 10.1 Å². The summed E-state index contributed by atoms with van der Waals surface area (Å²) in [4.78, 5) is 10.4. The summed E-state index contributed by atoms with van der Waals surface area (Å²) >= 11 is 0. The smallest absolute Gasteiger partial charge is 0.277 e. The van der Waals surface area contributed by atoms with E-state index in [1.54, 1.807) is 12.1 Å². The Kier molecular flexibility index (Phi) is 4.02. The van der Waals surface area contributed by atoms with E-state index in [4.69, 9.17) is 10.5 Å². The van der Waals surface area contributed by atoms with Crippen LogP contribution in [-0.2, 0) is 0 Å². The highest BCUT2D eigenvalue weighted by Crippen LogP contribution is 2.30. The first-order chi connectivity index (χ1) is 7.60. The van der Waals surface area contributed by atoms with Gasteiger partial charge in [0.1, 0.15) is 5.75 Å². The van der Waals surface area contributed by atoms with Crippen LogP contribution in [0, 0.1) is 10.1 Å². The molecule has 2 N–H and O–H groups in total.